The first kappa shape index (κ1) is 15.8. The van der Waals surface area contributed by atoms with Gasteiger partial charge in [-0.05, 0) is 29.7 Å². The molecule has 0 heterocycles. The van der Waals surface area contributed by atoms with Gasteiger partial charge in [0.15, 0.2) is 0 Å². The fourth-order valence-corrected chi connectivity index (χ4v) is 2.41. The van der Waals surface area contributed by atoms with Crippen LogP contribution < -0.4 is 11.3 Å². The molecule has 0 bridgehead atoms. The van der Waals surface area contributed by atoms with Crippen molar-refractivity contribution in [2.24, 2.45) is 5.84 Å². The van der Waals surface area contributed by atoms with E-state index in [0.717, 1.165) is 11.6 Å². The maximum absolute atomic E-state index is 13.1. The van der Waals surface area contributed by atoms with Crippen LogP contribution in [0.5, 0.6) is 0 Å². The molecular weight excluding hydrogens is 301 g/mol. The Morgan fingerprint density at radius 1 is 1.05 bits per heavy atom. The predicted octanol–water partition coefficient (Wildman–Crippen LogP) is 4.11. The predicted molar refractivity (Wildman–Crippen MR) is 76.7 cm³/mol. The Morgan fingerprint density at radius 3 is 2.29 bits per heavy atom. The zero-order valence-corrected chi connectivity index (χ0v) is 11.7. The van der Waals surface area contributed by atoms with Gasteiger partial charge in [0.2, 0.25) is 0 Å². The van der Waals surface area contributed by atoms with Crippen molar-refractivity contribution in [1.29, 1.82) is 0 Å². The molecular formula is C15H14ClF3N2. The molecule has 0 aliphatic carbocycles. The SMILES string of the molecule is NNC(Cc1ccccc1Cl)c1ccccc1C(F)(F)F. The Morgan fingerprint density at radius 2 is 1.67 bits per heavy atom. The number of hydrazine groups is 1. The molecule has 0 radical (unpaired) electrons. The zero-order chi connectivity index (χ0) is 15.5. The lowest BCUT2D eigenvalue weighted by molar-refractivity contribution is -0.138. The maximum atomic E-state index is 13.1. The van der Waals surface area contributed by atoms with Crippen molar-refractivity contribution in [3.63, 3.8) is 0 Å². The topological polar surface area (TPSA) is 38.0 Å². The molecule has 0 aliphatic rings. The zero-order valence-electron chi connectivity index (χ0n) is 11.0. The van der Waals surface area contributed by atoms with Crippen LogP contribution in [0.3, 0.4) is 0 Å². The van der Waals surface area contributed by atoms with E-state index in [-0.39, 0.29) is 12.0 Å². The maximum Gasteiger partial charge on any atom is 0.416 e. The monoisotopic (exact) mass is 314 g/mol. The Balaban J connectivity index is 2.37. The molecule has 0 fully saturated rings. The van der Waals surface area contributed by atoms with Gasteiger partial charge in [-0.2, -0.15) is 13.2 Å². The third kappa shape index (κ3) is 3.75. The summed E-state index contributed by atoms with van der Waals surface area (Å²) in [6.45, 7) is 0. The van der Waals surface area contributed by atoms with Gasteiger partial charge in [0.1, 0.15) is 0 Å². The van der Waals surface area contributed by atoms with Gasteiger partial charge in [-0.25, -0.2) is 0 Å². The van der Waals surface area contributed by atoms with Gasteiger partial charge in [0.05, 0.1) is 11.6 Å². The number of benzene rings is 2. The summed E-state index contributed by atoms with van der Waals surface area (Å²) in [6.07, 6.45) is -4.16. The number of alkyl halides is 3. The van der Waals surface area contributed by atoms with Crippen LogP contribution in [0.1, 0.15) is 22.7 Å². The van der Waals surface area contributed by atoms with E-state index in [1.807, 2.05) is 0 Å². The van der Waals surface area contributed by atoms with Gasteiger partial charge in [-0.1, -0.05) is 48.0 Å². The molecule has 0 saturated carbocycles. The minimum atomic E-state index is -4.42. The van der Waals surface area contributed by atoms with E-state index >= 15 is 0 Å². The molecule has 2 nitrogen and oxygen atoms in total. The minimum absolute atomic E-state index is 0.104. The van der Waals surface area contributed by atoms with Crippen LogP contribution in [0.4, 0.5) is 13.2 Å². The lowest BCUT2D eigenvalue weighted by Gasteiger charge is -2.21. The molecule has 112 valence electrons. The molecule has 3 N–H and O–H groups in total. The fraction of sp³-hybridized carbons (Fsp3) is 0.200. The lowest BCUT2D eigenvalue weighted by atomic mass is 9.95. The van der Waals surface area contributed by atoms with E-state index < -0.39 is 17.8 Å². The lowest BCUT2D eigenvalue weighted by Crippen LogP contribution is -2.31. The van der Waals surface area contributed by atoms with Crippen LogP contribution in [0, 0.1) is 0 Å². The van der Waals surface area contributed by atoms with Gasteiger partial charge >= 0.3 is 6.18 Å². The van der Waals surface area contributed by atoms with Crippen LogP contribution >= 0.6 is 11.6 Å². The summed E-state index contributed by atoms with van der Waals surface area (Å²) in [5, 5.41) is 0.502. The third-order valence-corrected chi connectivity index (χ3v) is 3.59. The average Bonchev–Trinajstić information content (AvgIpc) is 2.45. The average molecular weight is 315 g/mol. The molecule has 0 spiro atoms. The minimum Gasteiger partial charge on any atom is -0.271 e. The van der Waals surface area contributed by atoms with Gasteiger partial charge < -0.3 is 0 Å². The van der Waals surface area contributed by atoms with Gasteiger partial charge in [0, 0.05) is 5.02 Å². The summed E-state index contributed by atoms with van der Waals surface area (Å²) >= 11 is 6.05. The van der Waals surface area contributed by atoms with Crippen LogP contribution in [-0.4, -0.2) is 0 Å². The molecule has 1 unspecified atom stereocenters. The van der Waals surface area contributed by atoms with Gasteiger partial charge in [-0.3, -0.25) is 11.3 Å². The summed E-state index contributed by atoms with van der Waals surface area (Å²) in [5.41, 5.74) is 2.59. The van der Waals surface area contributed by atoms with E-state index in [1.54, 1.807) is 30.3 Å². The molecule has 2 aromatic carbocycles. The van der Waals surface area contributed by atoms with Gasteiger partial charge in [-0.15, -0.1) is 0 Å². The molecule has 0 aliphatic heterocycles. The third-order valence-electron chi connectivity index (χ3n) is 3.22. The Kier molecular flexibility index (Phi) is 4.88. The van der Waals surface area contributed by atoms with Crippen molar-refractivity contribution in [3.05, 3.63) is 70.2 Å². The van der Waals surface area contributed by atoms with Crippen LogP contribution in [0.2, 0.25) is 5.02 Å². The fourth-order valence-electron chi connectivity index (χ4n) is 2.20. The Hall–Kier alpha value is -1.56. The second-order valence-corrected chi connectivity index (χ2v) is 5.01. The van der Waals surface area contributed by atoms with E-state index in [1.165, 1.54) is 12.1 Å². The standard InChI is InChI=1S/C15H14ClF3N2/c16-13-8-4-1-5-10(13)9-14(21-20)11-6-2-3-7-12(11)15(17,18)19/h1-8,14,21H,9,20H2. The first-order valence-electron chi connectivity index (χ1n) is 6.29. The molecule has 2 aromatic rings. The first-order valence-corrected chi connectivity index (χ1v) is 6.67. The summed E-state index contributed by atoms with van der Waals surface area (Å²) in [4.78, 5) is 0. The van der Waals surface area contributed by atoms with Crippen molar-refractivity contribution in [3.8, 4) is 0 Å². The second-order valence-electron chi connectivity index (χ2n) is 4.60. The molecule has 6 heteroatoms. The molecule has 0 amide bonds. The number of halogens is 4. The Bertz CT molecular complexity index is 614. The van der Waals surface area contributed by atoms with Crippen molar-refractivity contribution >= 4 is 11.6 Å². The van der Waals surface area contributed by atoms with Crippen LogP contribution in [-0.2, 0) is 12.6 Å². The van der Waals surface area contributed by atoms with Crippen molar-refractivity contribution in [1.82, 2.24) is 5.43 Å². The van der Waals surface area contributed by atoms with E-state index in [0.29, 0.717) is 5.02 Å². The largest absolute Gasteiger partial charge is 0.416 e. The highest BCUT2D eigenvalue weighted by atomic mass is 35.5. The van der Waals surface area contributed by atoms with Crippen LogP contribution in [0.15, 0.2) is 48.5 Å². The normalized spacial score (nSPS) is 13.2. The van der Waals surface area contributed by atoms with E-state index in [4.69, 9.17) is 17.4 Å². The number of hydrogen-bond donors (Lipinski definition) is 2. The Labute approximate surface area is 125 Å². The highest BCUT2D eigenvalue weighted by Crippen LogP contribution is 2.35. The van der Waals surface area contributed by atoms with Gasteiger partial charge in [0.25, 0.3) is 0 Å². The quantitative estimate of drug-likeness (QED) is 0.658. The molecule has 21 heavy (non-hydrogen) atoms. The molecule has 0 saturated heterocycles. The van der Waals surface area contributed by atoms with Crippen molar-refractivity contribution < 1.29 is 13.2 Å². The molecule has 0 aromatic heterocycles. The summed E-state index contributed by atoms with van der Waals surface area (Å²) in [5.74, 6) is 5.45. The highest BCUT2D eigenvalue weighted by molar-refractivity contribution is 6.31. The van der Waals surface area contributed by atoms with E-state index in [2.05, 4.69) is 5.43 Å². The van der Waals surface area contributed by atoms with E-state index in [9.17, 15) is 13.2 Å². The summed E-state index contributed by atoms with van der Waals surface area (Å²) in [7, 11) is 0. The highest BCUT2D eigenvalue weighted by Gasteiger charge is 2.34. The van der Waals surface area contributed by atoms with Crippen molar-refractivity contribution in [2.45, 2.75) is 18.6 Å². The van der Waals surface area contributed by atoms with Crippen LogP contribution in [0.25, 0.3) is 0 Å². The second kappa shape index (κ2) is 6.47. The first-order chi connectivity index (χ1) is 9.93. The number of hydrogen-bond acceptors (Lipinski definition) is 2. The van der Waals surface area contributed by atoms with Crippen molar-refractivity contribution in [2.75, 3.05) is 0 Å². The molecule has 2 rings (SSSR count). The summed E-state index contributed by atoms with van der Waals surface area (Å²) in [6, 6.07) is 11.7. The smallest absolute Gasteiger partial charge is 0.271 e. The number of rotatable bonds is 4. The number of nitrogens with two attached hydrogens (primary N) is 1. The number of nitrogens with one attached hydrogen (secondary N) is 1. The molecule has 1 atom stereocenters. The summed E-state index contributed by atoms with van der Waals surface area (Å²) < 4.78 is 39.2.